The molecule has 4 heteroatoms. The molecule has 0 aliphatic heterocycles. The van der Waals surface area contributed by atoms with E-state index in [-0.39, 0.29) is 5.92 Å². The molecule has 22 heavy (non-hydrogen) atoms. The maximum absolute atomic E-state index is 6.43. The Morgan fingerprint density at radius 3 is 2.32 bits per heavy atom. The fourth-order valence-electron chi connectivity index (χ4n) is 2.53. The van der Waals surface area contributed by atoms with E-state index in [1.54, 1.807) is 12.3 Å². The van der Waals surface area contributed by atoms with Gasteiger partial charge in [-0.3, -0.25) is 4.98 Å². The summed E-state index contributed by atoms with van der Waals surface area (Å²) in [5.41, 5.74) is 9.62. The van der Waals surface area contributed by atoms with Gasteiger partial charge in [0.2, 0.25) is 0 Å². The molecule has 0 aliphatic carbocycles. The van der Waals surface area contributed by atoms with Crippen LogP contribution in [0.15, 0.2) is 67.0 Å². The van der Waals surface area contributed by atoms with Crippen LogP contribution in [0.2, 0.25) is 10.0 Å². The van der Waals surface area contributed by atoms with Gasteiger partial charge in [0.25, 0.3) is 0 Å². The zero-order valence-electron chi connectivity index (χ0n) is 11.7. The Morgan fingerprint density at radius 2 is 1.68 bits per heavy atom. The van der Waals surface area contributed by atoms with Crippen molar-refractivity contribution in [2.45, 2.75) is 5.92 Å². The van der Waals surface area contributed by atoms with Gasteiger partial charge < -0.3 is 5.73 Å². The number of nitrogen functional groups attached to an aromatic ring is 1. The van der Waals surface area contributed by atoms with Crippen LogP contribution in [0.25, 0.3) is 0 Å². The van der Waals surface area contributed by atoms with Gasteiger partial charge in [-0.05, 0) is 47.0 Å². The molecule has 0 aliphatic rings. The van der Waals surface area contributed by atoms with Crippen molar-refractivity contribution in [3.8, 4) is 0 Å². The SMILES string of the molecule is Nc1ccc(C(c2ccc(Cl)cc2)c2cccnc2)c(Cl)c1. The fourth-order valence-corrected chi connectivity index (χ4v) is 2.96. The van der Waals surface area contributed by atoms with E-state index in [9.17, 15) is 0 Å². The van der Waals surface area contributed by atoms with E-state index < -0.39 is 0 Å². The van der Waals surface area contributed by atoms with Crippen LogP contribution in [0.4, 0.5) is 5.69 Å². The Kier molecular flexibility index (Phi) is 4.32. The molecule has 0 fully saturated rings. The van der Waals surface area contributed by atoms with Crippen LogP contribution in [0, 0.1) is 0 Å². The van der Waals surface area contributed by atoms with Crippen molar-refractivity contribution in [3.05, 3.63) is 93.7 Å². The molecule has 0 saturated heterocycles. The maximum Gasteiger partial charge on any atom is 0.0468 e. The van der Waals surface area contributed by atoms with Crippen LogP contribution in [0.5, 0.6) is 0 Å². The van der Waals surface area contributed by atoms with Crippen molar-refractivity contribution in [2.75, 3.05) is 5.73 Å². The summed E-state index contributed by atoms with van der Waals surface area (Å²) in [4.78, 5) is 4.23. The lowest BCUT2D eigenvalue weighted by molar-refractivity contribution is 0.964. The summed E-state index contributed by atoms with van der Waals surface area (Å²) in [6, 6.07) is 17.3. The Balaban J connectivity index is 2.17. The third-order valence-corrected chi connectivity index (χ3v) is 4.14. The number of hydrogen-bond acceptors (Lipinski definition) is 2. The number of anilines is 1. The number of benzene rings is 2. The molecule has 110 valence electrons. The van der Waals surface area contributed by atoms with Crippen molar-refractivity contribution in [3.63, 3.8) is 0 Å². The molecule has 1 atom stereocenters. The smallest absolute Gasteiger partial charge is 0.0468 e. The molecule has 3 aromatic rings. The van der Waals surface area contributed by atoms with E-state index in [1.165, 1.54) is 0 Å². The molecular weight excluding hydrogens is 315 g/mol. The van der Waals surface area contributed by atoms with Gasteiger partial charge in [0, 0.05) is 34.0 Å². The van der Waals surface area contributed by atoms with Gasteiger partial charge in [-0.1, -0.05) is 47.5 Å². The summed E-state index contributed by atoms with van der Waals surface area (Å²) < 4.78 is 0. The van der Waals surface area contributed by atoms with Gasteiger partial charge in [0.05, 0.1) is 0 Å². The highest BCUT2D eigenvalue weighted by molar-refractivity contribution is 6.31. The second-order valence-corrected chi connectivity index (χ2v) is 5.90. The minimum Gasteiger partial charge on any atom is -0.399 e. The molecule has 0 spiro atoms. The third kappa shape index (κ3) is 3.08. The Labute approximate surface area is 139 Å². The highest BCUT2D eigenvalue weighted by Gasteiger charge is 2.19. The predicted molar refractivity (Wildman–Crippen MR) is 92.5 cm³/mol. The molecule has 3 rings (SSSR count). The highest BCUT2D eigenvalue weighted by Crippen LogP contribution is 2.36. The van der Waals surface area contributed by atoms with E-state index >= 15 is 0 Å². The number of hydrogen-bond donors (Lipinski definition) is 1. The van der Waals surface area contributed by atoms with E-state index in [2.05, 4.69) is 4.98 Å². The minimum atomic E-state index is -0.0148. The monoisotopic (exact) mass is 328 g/mol. The number of nitrogens with zero attached hydrogens (tertiary/aromatic N) is 1. The fraction of sp³-hybridized carbons (Fsp3) is 0.0556. The lowest BCUT2D eigenvalue weighted by atomic mass is 9.86. The number of rotatable bonds is 3. The largest absolute Gasteiger partial charge is 0.399 e. The summed E-state index contributed by atoms with van der Waals surface area (Å²) in [5, 5.41) is 1.35. The Hall–Kier alpha value is -2.03. The van der Waals surface area contributed by atoms with Gasteiger partial charge in [0.1, 0.15) is 0 Å². The van der Waals surface area contributed by atoms with E-state index in [4.69, 9.17) is 28.9 Å². The van der Waals surface area contributed by atoms with Gasteiger partial charge >= 0.3 is 0 Å². The van der Waals surface area contributed by atoms with E-state index in [0.29, 0.717) is 15.7 Å². The average molecular weight is 329 g/mol. The molecule has 0 saturated carbocycles. The van der Waals surface area contributed by atoms with Gasteiger partial charge in [-0.2, -0.15) is 0 Å². The second kappa shape index (κ2) is 6.39. The zero-order chi connectivity index (χ0) is 15.5. The van der Waals surface area contributed by atoms with Gasteiger partial charge in [0.15, 0.2) is 0 Å². The number of halogens is 2. The summed E-state index contributed by atoms with van der Waals surface area (Å²) in [5.74, 6) is -0.0148. The number of pyridine rings is 1. The molecule has 1 heterocycles. The molecule has 0 bridgehead atoms. The van der Waals surface area contributed by atoms with Crippen LogP contribution < -0.4 is 5.73 Å². The van der Waals surface area contributed by atoms with E-state index in [1.807, 2.05) is 54.7 Å². The first-order valence-corrected chi connectivity index (χ1v) is 7.61. The molecule has 0 amide bonds. The summed E-state index contributed by atoms with van der Waals surface area (Å²) in [6.45, 7) is 0. The second-order valence-electron chi connectivity index (χ2n) is 5.05. The van der Waals surface area contributed by atoms with Crippen molar-refractivity contribution >= 4 is 28.9 Å². The topological polar surface area (TPSA) is 38.9 Å². The molecule has 1 unspecified atom stereocenters. The number of nitrogens with two attached hydrogens (primary N) is 1. The summed E-state index contributed by atoms with van der Waals surface area (Å²) >= 11 is 12.4. The quantitative estimate of drug-likeness (QED) is 0.675. The predicted octanol–water partition coefficient (Wildman–Crippen LogP) is 5.15. The standard InChI is InChI=1S/C18H14Cl2N2/c19-14-5-3-12(4-6-14)18(13-2-1-9-22-11-13)16-8-7-15(21)10-17(16)20/h1-11,18H,21H2. The van der Waals surface area contributed by atoms with Crippen LogP contribution in [-0.2, 0) is 0 Å². The zero-order valence-corrected chi connectivity index (χ0v) is 13.2. The first kappa shape index (κ1) is 14.9. The third-order valence-electron chi connectivity index (χ3n) is 3.56. The van der Waals surface area contributed by atoms with Gasteiger partial charge in [-0.25, -0.2) is 0 Å². The van der Waals surface area contributed by atoms with Crippen molar-refractivity contribution in [1.29, 1.82) is 0 Å². The average Bonchev–Trinajstić information content (AvgIpc) is 2.52. The Bertz CT molecular complexity index is 771. The highest BCUT2D eigenvalue weighted by atomic mass is 35.5. The number of aromatic nitrogens is 1. The van der Waals surface area contributed by atoms with Crippen LogP contribution in [-0.4, -0.2) is 4.98 Å². The maximum atomic E-state index is 6.43. The molecule has 0 radical (unpaired) electrons. The molecule has 1 aromatic heterocycles. The van der Waals surface area contributed by atoms with E-state index in [0.717, 1.165) is 16.7 Å². The lowest BCUT2D eigenvalue weighted by Gasteiger charge is -2.20. The first-order chi connectivity index (χ1) is 10.6. The van der Waals surface area contributed by atoms with Crippen molar-refractivity contribution < 1.29 is 0 Å². The molecule has 2 nitrogen and oxygen atoms in total. The Morgan fingerprint density at radius 1 is 0.909 bits per heavy atom. The summed E-state index contributed by atoms with van der Waals surface area (Å²) in [7, 11) is 0. The normalized spacial score (nSPS) is 12.1. The van der Waals surface area contributed by atoms with Crippen LogP contribution in [0.1, 0.15) is 22.6 Å². The van der Waals surface area contributed by atoms with Gasteiger partial charge in [-0.15, -0.1) is 0 Å². The lowest BCUT2D eigenvalue weighted by Crippen LogP contribution is -2.05. The van der Waals surface area contributed by atoms with Crippen LogP contribution >= 0.6 is 23.2 Å². The van der Waals surface area contributed by atoms with Crippen molar-refractivity contribution in [2.24, 2.45) is 0 Å². The first-order valence-electron chi connectivity index (χ1n) is 6.85. The molecular formula is C18H14Cl2N2. The molecule has 2 N–H and O–H groups in total. The van der Waals surface area contributed by atoms with Crippen molar-refractivity contribution in [1.82, 2.24) is 4.98 Å². The minimum absolute atomic E-state index is 0.0148. The van der Waals surface area contributed by atoms with Crippen LogP contribution in [0.3, 0.4) is 0 Å². The molecule has 2 aromatic carbocycles. The summed E-state index contributed by atoms with van der Waals surface area (Å²) in [6.07, 6.45) is 3.61.